The Hall–Kier alpha value is -3.33. The zero-order valence-corrected chi connectivity index (χ0v) is 17.4. The van der Waals surface area contributed by atoms with E-state index in [2.05, 4.69) is 15.3 Å². The van der Waals surface area contributed by atoms with Gasteiger partial charge in [0.05, 0.1) is 34.2 Å². The van der Waals surface area contributed by atoms with E-state index in [1.165, 1.54) is 4.68 Å². The summed E-state index contributed by atoms with van der Waals surface area (Å²) >= 11 is 5.35. The summed E-state index contributed by atoms with van der Waals surface area (Å²) in [7, 11) is 4.68. The maximum atomic E-state index is 5.57. The summed E-state index contributed by atoms with van der Waals surface area (Å²) in [4.78, 5) is 0. The quantitative estimate of drug-likeness (QED) is 0.444. The van der Waals surface area contributed by atoms with Crippen molar-refractivity contribution in [3.05, 3.63) is 46.7 Å². The van der Waals surface area contributed by atoms with Gasteiger partial charge in [0.1, 0.15) is 5.75 Å². The number of nitrogens with zero attached hydrogens (tertiary/aromatic N) is 3. The molecule has 2 aromatic carbocycles. The number of hydrogen-bond donors (Lipinski definition) is 1. The molecule has 0 aliphatic rings. The van der Waals surface area contributed by atoms with Crippen LogP contribution in [-0.4, -0.2) is 49.0 Å². The molecule has 8 nitrogen and oxygen atoms in total. The van der Waals surface area contributed by atoms with Crippen molar-refractivity contribution in [1.82, 2.24) is 14.9 Å². The summed E-state index contributed by atoms with van der Waals surface area (Å²) in [6, 6.07) is 11.2. The maximum absolute atomic E-state index is 5.57. The number of rotatable bonds is 8. The SMILES string of the molecule is CCOc1cccc(-c2n[nH]c(=S)n2/N=C/c2ccc(OC)c(OC)c2OC)c1. The summed E-state index contributed by atoms with van der Waals surface area (Å²) < 4.78 is 23.7. The zero-order chi connectivity index (χ0) is 20.8. The van der Waals surface area contributed by atoms with Crippen LogP contribution >= 0.6 is 12.2 Å². The van der Waals surface area contributed by atoms with Crippen LogP contribution in [0.4, 0.5) is 0 Å². The molecule has 0 spiro atoms. The van der Waals surface area contributed by atoms with E-state index < -0.39 is 0 Å². The molecule has 3 aromatic rings. The van der Waals surface area contributed by atoms with Crippen molar-refractivity contribution >= 4 is 18.4 Å². The van der Waals surface area contributed by atoms with Gasteiger partial charge in [-0.25, -0.2) is 5.10 Å². The van der Waals surface area contributed by atoms with Crippen molar-refractivity contribution in [2.45, 2.75) is 6.92 Å². The molecule has 1 heterocycles. The predicted molar refractivity (Wildman–Crippen MR) is 113 cm³/mol. The van der Waals surface area contributed by atoms with Crippen LogP contribution < -0.4 is 18.9 Å². The minimum Gasteiger partial charge on any atom is -0.494 e. The monoisotopic (exact) mass is 414 g/mol. The lowest BCUT2D eigenvalue weighted by molar-refractivity contribution is 0.324. The van der Waals surface area contributed by atoms with E-state index in [1.54, 1.807) is 33.6 Å². The Morgan fingerprint density at radius 1 is 1.10 bits per heavy atom. The molecule has 1 aromatic heterocycles. The highest BCUT2D eigenvalue weighted by molar-refractivity contribution is 7.71. The first-order valence-corrected chi connectivity index (χ1v) is 9.27. The van der Waals surface area contributed by atoms with Crippen LogP contribution in [0, 0.1) is 4.77 Å². The smallest absolute Gasteiger partial charge is 0.216 e. The van der Waals surface area contributed by atoms with Gasteiger partial charge in [-0.15, -0.1) is 0 Å². The van der Waals surface area contributed by atoms with Gasteiger partial charge in [-0.3, -0.25) is 0 Å². The third-order valence-corrected chi connectivity index (χ3v) is 4.36. The lowest BCUT2D eigenvalue weighted by Crippen LogP contribution is -2.00. The minimum absolute atomic E-state index is 0.359. The number of ether oxygens (including phenoxy) is 4. The second-order valence-corrected chi connectivity index (χ2v) is 6.18. The molecule has 0 bridgehead atoms. The molecule has 0 amide bonds. The highest BCUT2D eigenvalue weighted by Crippen LogP contribution is 2.39. The Bertz CT molecular complexity index is 1070. The fraction of sp³-hybridized carbons (Fsp3) is 0.250. The van der Waals surface area contributed by atoms with Gasteiger partial charge in [0, 0.05) is 11.1 Å². The minimum atomic E-state index is 0.359. The lowest BCUT2D eigenvalue weighted by atomic mass is 10.2. The molecule has 0 unspecified atom stereocenters. The predicted octanol–water partition coefficient (Wildman–Crippen LogP) is 3.91. The Kier molecular flexibility index (Phi) is 6.50. The Morgan fingerprint density at radius 2 is 1.90 bits per heavy atom. The molecule has 0 saturated heterocycles. The second-order valence-electron chi connectivity index (χ2n) is 5.79. The number of hydrogen-bond acceptors (Lipinski definition) is 7. The van der Waals surface area contributed by atoms with Gasteiger partial charge in [0.2, 0.25) is 10.5 Å². The summed E-state index contributed by atoms with van der Waals surface area (Å²) in [5.74, 6) is 2.86. The van der Waals surface area contributed by atoms with E-state index in [-0.39, 0.29) is 0 Å². The molecule has 0 fully saturated rings. The molecule has 9 heteroatoms. The van der Waals surface area contributed by atoms with Crippen molar-refractivity contribution in [1.29, 1.82) is 0 Å². The normalized spacial score (nSPS) is 10.9. The molecule has 0 aliphatic heterocycles. The highest BCUT2D eigenvalue weighted by Gasteiger charge is 2.15. The van der Waals surface area contributed by atoms with Gasteiger partial charge in [0.15, 0.2) is 17.3 Å². The second kappa shape index (κ2) is 9.24. The van der Waals surface area contributed by atoms with Gasteiger partial charge in [-0.2, -0.15) is 14.9 Å². The van der Waals surface area contributed by atoms with E-state index in [0.29, 0.717) is 40.0 Å². The van der Waals surface area contributed by atoms with Gasteiger partial charge < -0.3 is 18.9 Å². The molecular formula is C20H22N4O4S. The average Bonchev–Trinajstić information content (AvgIpc) is 3.12. The van der Waals surface area contributed by atoms with Crippen molar-refractivity contribution in [2.24, 2.45) is 5.10 Å². The molecule has 3 rings (SSSR count). The van der Waals surface area contributed by atoms with E-state index in [1.807, 2.05) is 37.3 Å². The average molecular weight is 414 g/mol. The molecule has 0 radical (unpaired) electrons. The molecule has 29 heavy (non-hydrogen) atoms. The van der Waals surface area contributed by atoms with E-state index >= 15 is 0 Å². The van der Waals surface area contributed by atoms with Gasteiger partial charge in [0.25, 0.3) is 0 Å². The van der Waals surface area contributed by atoms with Gasteiger partial charge in [-0.1, -0.05) is 12.1 Å². The van der Waals surface area contributed by atoms with Crippen LogP contribution in [0.1, 0.15) is 12.5 Å². The van der Waals surface area contributed by atoms with E-state index in [4.69, 9.17) is 31.2 Å². The summed E-state index contributed by atoms with van der Waals surface area (Å²) in [6.07, 6.45) is 1.63. The first-order valence-electron chi connectivity index (χ1n) is 8.86. The Balaban J connectivity index is 2.02. The fourth-order valence-electron chi connectivity index (χ4n) is 2.82. The number of methoxy groups -OCH3 is 3. The molecular weight excluding hydrogens is 392 g/mol. The van der Waals surface area contributed by atoms with Crippen molar-refractivity contribution < 1.29 is 18.9 Å². The highest BCUT2D eigenvalue weighted by atomic mass is 32.1. The van der Waals surface area contributed by atoms with Gasteiger partial charge >= 0.3 is 0 Å². The van der Waals surface area contributed by atoms with Crippen LogP contribution in [0.3, 0.4) is 0 Å². The van der Waals surface area contributed by atoms with Crippen molar-refractivity contribution in [3.63, 3.8) is 0 Å². The number of aromatic amines is 1. The van der Waals surface area contributed by atoms with Crippen molar-refractivity contribution in [2.75, 3.05) is 27.9 Å². The van der Waals surface area contributed by atoms with Crippen LogP contribution in [0.25, 0.3) is 11.4 Å². The Labute approximate surface area is 173 Å². The molecule has 152 valence electrons. The summed E-state index contributed by atoms with van der Waals surface area (Å²) in [5, 5.41) is 11.6. The zero-order valence-electron chi connectivity index (χ0n) is 16.6. The first-order chi connectivity index (χ1) is 14.1. The van der Waals surface area contributed by atoms with E-state index in [0.717, 1.165) is 11.3 Å². The summed E-state index contributed by atoms with van der Waals surface area (Å²) in [5.41, 5.74) is 1.52. The third kappa shape index (κ3) is 4.24. The standard InChI is InChI=1S/C20H22N4O4S/c1-5-28-15-8-6-7-13(11-15)19-22-23-20(29)24(19)21-12-14-9-10-16(25-2)18(27-4)17(14)26-3/h6-12H,5H2,1-4H3,(H,23,29)/b21-12+. The molecule has 0 aliphatic carbocycles. The molecule has 0 saturated carbocycles. The van der Waals surface area contributed by atoms with Crippen LogP contribution in [0.15, 0.2) is 41.5 Å². The number of H-pyrrole nitrogens is 1. The third-order valence-electron chi connectivity index (χ3n) is 4.10. The summed E-state index contributed by atoms with van der Waals surface area (Å²) in [6.45, 7) is 2.51. The van der Waals surface area contributed by atoms with E-state index in [9.17, 15) is 0 Å². The van der Waals surface area contributed by atoms with Gasteiger partial charge in [-0.05, 0) is 43.4 Å². The van der Waals surface area contributed by atoms with Crippen LogP contribution in [0.5, 0.6) is 23.0 Å². The number of aromatic nitrogens is 3. The van der Waals surface area contributed by atoms with Crippen LogP contribution in [-0.2, 0) is 0 Å². The largest absolute Gasteiger partial charge is 0.494 e. The number of benzene rings is 2. The fourth-order valence-corrected chi connectivity index (χ4v) is 3.00. The van der Waals surface area contributed by atoms with Crippen molar-refractivity contribution in [3.8, 4) is 34.4 Å². The number of nitrogens with one attached hydrogen (secondary N) is 1. The first kappa shape index (κ1) is 20.4. The lowest BCUT2D eigenvalue weighted by Gasteiger charge is -2.13. The molecule has 1 N–H and O–H groups in total. The molecule has 0 atom stereocenters. The topological polar surface area (TPSA) is 82.9 Å². The van der Waals surface area contributed by atoms with Crippen LogP contribution in [0.2, 0.25) is 0 Å². The maximum Gasteiger partial charge on any atom is 0.216 e. The Morgan fingerprint density at radius 3 is 2.59 bits per heavy atom.